The van der Waals surface area contributed by atoms with Crippen molar-refractivity contribution in [2.45, 2.75) is 39.7 Å². The van der Waals surface area contributed by atoms with Gasteiger partial charge in [0.25, 0.3) is 0 Å². The van der Waals surface area contributed by atoms with Crippen LogP contribution in [0.5, 0.6) is 0 Å². The van der Waals surface area contributed by atoms with Crippen LogP contribution in [-0.2, 0) is 6.54 Å². The minimum Gasteiger partial charge on any atom is -0.396 e. The first kappa shape index (κ1) is 16.4. The van der Waals surface area contributed by atoms with E-state index in [1.165, 1.54) is 0 Å². The molecule has 0 aliphatic heterocycles. The van der Waals surface area contributed by atoms with Gasteiger partial charge >= 0.3 is 6.03 Å². The molecular weight excluding hydrogens is 254 g/mol. The normalized spacial score (nSPS) is 11.2. The quantitative estimate of drug-likeness (QED) is 0.682. The number of nitrogens with one attached hydrogen (secondary N) is 2. The highest BCUT2D eigenvalue weighted by atomic mass is 16.3. The van der Waals surface area contributed by atoms with Gasteiger partial charge in [0.1, 0.15) is 0 Å². The number of aliphatic hydroxyl groups is 1. The average molecular weight is 279 g/mol. The number of hydrogen-bond acceptors (Lipinski definition) is 3. The molecule has 3 N–H and O–H groups in total. The van der Waals surface area contributed by atoms with Crippen LogP contribution in [-0.4, -0.2) is 29.3 Å². The summed E-state index contributed by atoms with van der Waals surface area (Å²) >= 11 is 0. The Morgan fingerprint density at radius 1 is 1.30 bits per heavy atom. The Labute approximate surface area is 120 Å². The molecule has 20 heavy (non-hydrogen) atoms. The molecule has 2 amide bonds. The van der Waals surface area contributed by atoms with Gasteiger partial charge in [-0.05, 0) is 36.8 Å². The van der Waals surface area contributed by atoms with Gasteiger partial charge in [-0.1, -0.05) is 19.9 Å². The molecule has 0 fully saturated rings. The Balaban J connectivity index is 2.38. The standard InChI is InChI=1S/C15H25N3O2/c1-3-15(4-2,8-10-19)12-18-14(20)17-11-13-7-5-6-9-16-13/h5-7,9,19H,3-4,8,10-12H2,1-2H3,(H2,17,18,20). The minimum absolute atomic E-state index is 0.0168. The number of aromatic nitrogens is 1. The summed E-state index contributed by atoms with van der Waals surface area (Å²) in [4.78, 5) is 15.9. The van der Waals surface area contributed by atoms with Crippen molar-refractivity contribution in [3.05, 3.63) is 30.1 Å². The van der Waals surface area contributed by atoms with E-state index in [0.717, 1.165) is 18.5 Å². The molecule has 0 saturated heterocycles. The maximum Gasteiger partial charge on any atom is 0.315 e. The van der Waals surface area contributed by atoms with Crippen molar-refractivity contribution < 1.29 is 9.90 Å². The average Bonchev–Trinajstić information content (AvgIpc) is 2.50. The molecule has 1 aromatic rings. The molecule has 0 spiro atoms. The van der Waals surface area contributed by atoms with Crippen LogP contribution in [0.4, 0.5) is 4.79 Å². The van der Waals surface area contributed by atoms with Gasteiger partial charge in [-0.25, -0.2) is 4.79 Å². The lowest BCUT2D eigenvalue weighted by Gasteiger charge is -2.31. The summed E-state index contributed by atoms with van der Waals surface area (Å²) in [5.74, 6) is 0. The van der Waals surface area contributed by atoms with Crippen molar-refractivity contribution in [3.8, 4) is 0 Å². The molecule has 112 valence electrons. The third kappa shape index (κ3) is 5.17. The first-order valence-corrected chi connectivity index (χ1v) is 7.18. The highest BCUT2D eigenvalue weighted by Crippen LogP contribution is 2.29. The predicted molar refractivity (Wildman–Crippen MR) is 79.2 cm³/mol. The summed E-state index contributed by atoms with van der Waals surface area (Å²) in [6.07, 6.45) is 4.28. The second-order valence-electron chi connectivity index (χ2n) is 5.04. The third-order valence-corrected chi connectivity index (χ3v) is 3.92. The van der Waals surface area contributed by atoms with Crippen LogP contribution in [0, 0.1) is 5.41 Å². The van der Waals surface area contributed by atoms with Crippen LogP contribution in [0.2, 0.25) is 0 Å². The van der Waals surface area contributed by atoms with Gasteiger partial charge in [-0.15, -0.1) is 0 Å². The van der Waals surface area contributed by atoms with Crippen LogP contribution in [0.25, 0.3) is 0 Å². The van der Waals surface area contributed by atoms with Crippen LogP contribution >= 0.6 is 0 Å². The van der Waals surface area contributed by atoms with Gasteiger partial charge in [-0.2, -0.15) is 0 Å². The van der Waals surface area contributed by atoms with E-state index in [2.05, 4.69) is 29.5 Å². The van der Waals surface area contributed by atoms with E-state index in [1.54, 1.807) is 6.20 Å². The molecule has 0 bridgehead atoms. The van der Waals surface area contributed by atoms with Crippen molar-refractivity contribution in [3.63, 3.8) is 0 Å². The number of pyridine rings is 1. The summed E-state index contributed by atoms with van der Waals surface area (Å²) in [5, 5.41) is 14.8. The van der Waals surface area contributed by atoms with Gasteiger partial charge in [-0.3, -0.25) is 4.98 Å². The molecule has 0 atom stereocenters. The fourth-order valence-corrected chi connectivity index (χ4v) is 2.18. The maximum absolute atomic E-state index is 11.8. The molecule has 5 heteroatoms. The number of nitrogens with zero attached hydrogens (tertiary/aromatic N) is 1. The lowest BCUT2D eigenvalue weighted by atomic mass is 9.79. The van der Waals surface area contributed by atoms with E-state index in [4.69, 9.17) is 5.11 Å². The number of carbonyl (C=O) groups is 1. The maximum atomic E-state index is 11.8. The van der Waals surface area contributed by atoms with E-state index in [-0.39, 0.29) is 18.1 Å². The molecule has 0 aliphatic carbocycles. The lowest BCUT2D eigenvalue weighted by molar-refractivity contribution is 0.163. The Kier molecular flexibility index (Phi) is 7.01. The number of rotatable bonds is 8. The highest BCUT2D eigenvalue weighted by Gasteiger charge is 2.25. The monoisotopic (exact) mass is 279 g/mol. The molecule has 0 aromatic carbocycles. The molecule has 1 heterocycles. The Morgan fingerprint density at radius 3 is 2.60 bits per heavy atom. The summed E-state index contributed by atoms with van der Waals surface area (Å²) < 4.78 is 0. The van der Waals surface area contributed by atoms with E-state index >= 15 is 0 Å². The fourth-order valence-electron chi connectivity index (χ4n) is 2.18. The fraction of sp³-hybridized carbons (Fsp3) is 0.600. The van der Waals surface area contributed by atoms with Gasteiger partial charge in [0, 0.05) is 19.3 Å². The lowest BCUT2D eigenvalue weighted by Crippen LogP contribution is -2.42. The Morgan fingerprint density at radius 2 is 2.05 bits per heavy atom. The number of amides is 2. The van der Waals surface area contributed by atoms with Crippen molar-refractivity contribution in [2.24, 2.45) is 5.41 Å². The molecule has 0 aliphatic rings. The van der Waals surface area contributed by atoms with Crippen molar-refractivity contribution >= 4 is 6.03 Å². The van der Waals surface area contributed by atoms with E-state index in [1.807, 2.05) is 18.2 Å². The van der Waals surface area contributed by atoms with E-state index in [9.17, 15) is 4.79 Å². The second-order valence-corrected chi connectivity index (χ2v) is 5.04. The number of urea groups is 1. The second kappa shape index (κ2) is 8.53. The smallest absolute Gasteiger partial charge is 0.315 e. The summed E-state index contributed by atoms with van der Waals surface area (Å²) in [6, 6.07) is 5.41. The van der Waals surface area contributed by atoms with Crippen LogP contribution < -0.4 is 10.6 Å². The zero-order valence-electron chi connectivity index (χ0n) is 12.4. The number of aliphatic hydroxyl groups excluding tert-OH is 1. The SMILES string of the molecule is CCC(CC)(CCO)CNC(=O)NCc1ccccn1. The molecule has 0 radical (unpaired) electrons. The first-order valence-electron chi connectivity index (χ1n) is 7.18. The minimum atomic E-state index is -0.195. The van der Waals surface area contributed by atoms with E-state index < -0.39 is 0 Å². The van der Waals surface area contributed by atoms with Crippen molar-refractivity contribution in [2.75, 3.05) is 13.2 Å². The molecule has 0 unspecified atom stereocenters. The summed E-state index contributed by atoms with van der Waals surface area (Å²) in [7, 11) is 0. The summed E-state index contributed by atoms with van der Waals surface area (Å²) in [5.41, 5.74) is 0.812. The van der Waals surface area contributed by atoms with Crippen molar-refractivity contribution in [1.82, 2.24) is 15.6 Å². The largest absolute Gasteiger partial charge is 0.396 e. The topological polar surface area (TPSA) is 74.2 Å². The van der Waals surface area contributed by atoms with Crippen LogP contribution in [0.3, 0.4) is 0 Å². The zero-order chi connectivity index (χ0) is 14.8. The molecule has 1 aromatic heterocycles. The number of carbonyl (C=O) groups excluding carboxylic acids is 1. The van der Waals surface area contributed by atoms with Crippen molar-refractivity contribution in [1.29, 1.82) is 0 Å². The van der Waals surface area contributed by atoms with Crippen LogP contribution in [0.15, 0.2) is 24.4 Å². The van der Waals surface area contributed by atoms with Gasteiger partial charge in [0.05, 0.1) is 12.2 Å². The molecule has 1 rings (SSSR count). The molecule has 0 saturated carbocycles. The van der Waals surface area contributed by atoms with E-state index in [0.29, 0.717) is 19.5 Å². The third-order valence-electron chi connectivity index (χ3n) is 3.92. The molecular formula is C15H25N3O2. The van der Waals surface area contributed by atoms with Gasteiger partial charge in [0.2, 0.25) is 0 Å². The van der Waals surface area contributed by atoms with Crippen LogP contribution in [0.1, 0.15) is 38.8 Å². The zero-order valence-corrected chi connectivity index (χ0v) is 12.4. The predicted octanol–water partition coefficient (Wildman–Crippen LogP) is 2.07. The number of hydrogen-bond donors (Lipinski definition) is 3. The highest BCUT2D eigenvalue weighted by molar-refractivity contribution is 5.73. The molecule has 5 nitrogen and oxygen atoms in total. The Hall–Kier alpha value is -1.62. The summed E-state index contributed by atoms with van der Waals surface area (Å²) in [6.45, 7) is 5.32. The van der Waals surface area contributed by atoms with Gasteiger partial charge in [0.15, 0.2) is 0 Å². The first-order chi connectivity index (χ1) is 9.65. The van der Waals surface area contributed by atoms with Gasteiger partial charge < -0.3 is 15.7 Å². The Bertz CT molecular complexity index is 391.